The quantitative estimate of drug-likeness (QED) is 0.946. The van der Waals surface area contributed by atoms with Gasteiger partial charge in [0.1, 0.15) is 5.60 Å². The predicted molar refractivity (Wildman–Crippen MR) is 80.3 cm³/mol. The van der Waals surface area contributed by atoms with Gasteiger partial charge in [0.25, 0.3) is 5.56 Å². The largest absolute Gasteiger partial charge is 0.444 e. The van der Waals surface area contributed by atoms with Gasteiger partial charge in [-0.25, -0.2) is 4.79 Å². The summed E-state index contributed by atoms with van der Waals surface area (Å²) in [4.78, 5) is 23.6. The number of amides is 1. The van der Waals surface area contributed by atoms with Crippen molar-refractivity contribution in [2.45, 2.75) is 32.9 Å². The normalized spacial score (nSPS) is 11.6. The van der Waals surface area contributed by atoms with E-state index in [1.165, 1.54) is 11.5 Å². The Balaban J connectivity index is 1.95. The van der Waals surface area contributed by atoms with Crippen molar-refractivity contribution in [1.29, 1.82) is 0 Å². The summed E-state index contributed by atoms with van der Waals surface area (Å²) in [5.74, 6) is 0. The van der Waals surface area contributed by atoms with E-state index in [0.717, 1.165) is 10.1 Å². The van der Waals surface area contributed by atoms with Gasteiger partial charge in [-0.15, -0.1) is 0 Å². The molecule has 0 aliphatic rings. The molecule has 1 N–H and O–H groups in total. The number of ether oxygens (including phenoxy) is 1. The van der Waals surface area contributed by atoms with Crippen molar-refractivity contribution in [3.63, 3.8) is 0 Å². The molecule has 0 spiro atoms. The van der Waals surface area contributed by atoms with E-state index in [2.05, 4.69) is 5.32 Å². The Kier molecular flexibility index (Phi) is 4.13. The molecule has 2 aromatic rings. The van der Waals surface area contributed by atoms with Gasteiger partial charge in [-0.3, -0.25) is 8.75 Å². The van der Waals surface area contributed by atoms with Gasteiger partial charge >= 0.3 is 6.09 Å². The Morgan fingerprint density at radius 3 is 2.70 bits per heavy atom. The standard InChI is InChI=1S/C14H18N2O3S/c1-14(2,3)19-13(18)15-8-9-16-12(17)10-6-4-5-7-11(10)20-16/h4-7H,8-9H2,1-3H3,(H,15,18). The number of benzene rings is 1. The molecule has 1 aromatic carbocycles. The first-order chi connectivity index (χ1) is 9.37. The fourth-order valence-electron chi connectivity index (χ4n) is 1.74. The SMILES string of the molecule is CC(C)(C)OC(=O)NCCn1sc2ccccc2c1=O. The van der Waals surface area contributed by atoms with Crippen molar-refractivity contribution < 1.29 is 9.53 Å². The third-order valence-electron chi connectivity index (χ3n) is 2.54. The second-order valence-electron chi connectivity index (χ2n) is 5.42. The van der Waals surface area contributed by atoms with E-state index in [0.29, 0.717) is 13.1 Å². The molecule has 6 heteroatoms. The summed E-state index contributed by atoms with van der Waals surface area (Å²) < 4.78 is 7.73. The van der Waals surface area contributed by atoms with Crippen LogP contribution in [0.2, 0.25) is 0 Å². The van der Waals surface area contributed by atoms with Crippen molar-refractivity contribution in [2.75, 3.05) is 6.54 Å². The van der Waals surface area contributed by atoms with E-state index < -0.39 is 11.7 Å². The van der Waals surface area contributed by atoms with Crippen LogP contribution in [-0.2, 0) is 11.3 Å². The number of fused-ring (bicyclic) bond motifs is 1. The third kappa shape index (κ3) is 3.60. The lowest BCUT2D eigenvalue weighted by molar-refractivity contribution is 0.0526. The van der Waals surface area contributed by atoms with Crippen LogP contribution in [0, 0.1) is 0 Å². The van der Waals surface area contributed by atoms with E-state index >= 15 is 0 Å². The monoisotopic (exact) mass is 294 g/mol. The van der Waals surface area contributed by atoms with Gasteiger partial charge in [0, 0.05) is 6.54 Å². The second kappa shape index (κ2) is 5.66. The topological polar surface area (TPSA) is 60.3 Å². The lowest BCUT2D eigenvalue weighted by Crippen LogP contribution is -2.34. The molecule has 0 saturated carbocycles. The predicted octanol–water partition coefficient (Wildman–Crippen LogP) is 2.59. The third-order valence-corrected chi connectivity index (χ3v) is 3.66. The highest BCUT2D eigenvalue weighted by Gasteiger charge is 2.15. The number of nitrogens with zero attached hydrogens (tertiary/aromatic N) is 1. The number of carbonyl (C=O) groups is 1. The Morgan fingerprint density at radius 2 is 2.05 bits per heavy atom. The summed E-state index contributed by atoms with van der Waals surface area (Å²) in [6.07, 6.45) is -0.466. The smallest absolute Gasteiger partial charge is 0.407 e. The molecule has 0 unspecified atom stereocenters. The first-order valence-corrected chi connectivity index (χ1v) is 7.20. The zero-order chi connectivity index (χ0) is 14.8. The molecule has 1 aromatic heterocycles. The summed E-state index contributed by atoms with van der Waals surface area (Å²) in [5, 5.41) is 3.36. The highest BCUT2D eigenvalue weighted by molar-refractivity contribution is 7.13. The molecule has 20 heavy (non-hydrogen) atoms. The maximum Gasteiger partial charge on any atom is 0.407 e. The number of aromatic nitrogens is 1. The molecule has 5 nitrogen and oxygen atoms in total. The highest BCUT2D eigenvalue weighted by Crippen LogP contribution is 2.15. The molecule has 108 valence electrons. The second-order valence-corrected chi connectivity index (χ2v) is 6.49. The number of hydrogen-bond acceptors (Lipinski definition) is 4. The van der Waals surface area contributed by atoms with Crippen molar-refractivity contribution >= 4 is 27.7 Å². The lowest BCUT2D eigenvalue weighted by Gasteiger charge is -2.19. The Morgan fingerprint density at radius 1 is 1.35 bits per heavy atom. The van der Waals surface area contributed by atoms with Crippen LogP contribution < -0.4 is 10.9 Å². The van der Waals surface area contributed by atoms with E-state index in [9.17, 15) is 9.59 Å². The molecule has 0 fully saturated rings. The van der Waals surface area contributed by atoms with Gasteiger partial charge in [0.15, 0.2) is 0 Å². The lowest BCUT2D eigenvalue weighted by atomic mass is 10.2. The van der Waals surface area contributed by atoms with Crippen molar-refractivity contribution in [1.82, 2.24) is 9.27 Å². The molecule has 0 bridgehead atoms. The summed E-state index contributed by atoms with van der Waals surface area (Å²) in [5.41, 5.74) is -0.532. The molecular weight excluding hydrogens is 276 g/mol. The zero-order valence-electron chi connectivity index (χ0n) is 11.8. The van der Waals surface area contributed by atoms with Crippen LogP contribution in [0.15, 0.2) is 29.1 Å². The summed E-state index contributed by atoms with van der Waals surface area (Å²) in [6.45, 7) is 6.23. The van der Waals surface area contributed by atoms with Crippen LogP contribution in [0.1, 0.15) is 20.8 Å². The van der Waals surface area contributed by atoms with Crippen molar-refractivity contribution in [3.8, 4) is 0 Å². The Labute approximate surface area is 121 Å². The van der Waals surface area contributed by atoms with Crippen LogP contribution in [0.3, 0.4) is 0 Å². The molecular formula is C14H18N2O3S. The van der Waals surface area contributed by atoms with Gasteiger partial charge in [-0.05, 0) is 32.9 Å². The Hall–Kier alpha value is -1.82. The molecule has 1 amide bonds. The first kappa shape index (κ1) is 14.6. The van der Waals surface area contributed by atoms with E-state index in [4.69, 9.17) is 4.74 Å². The minimum absolute atomic E-state index is 0.0170. The minimum atomic E-state index is -0.515. The van der Waals surface area contributed by atoms with Crippen LogP contribution in [-0.4, -0.2) is 22.2 Å². The number of hydrogen-bond donors (Lipinski definition) is 1. The number of nitrogens with one attached hydrogen (secondary N) is 1. The van der Waals surface area contributed by atoms with Gasteiger partial charge < -0.3 is 10.1 Å². The van der Waals surface area contributed by atoms with Gasteiger partial charge in [-0.1, -0.05) is 23.7 Å². The van der Waals surface area contributed by atoms with Crippen LogP contribution >= 0.6 is 11.5 Å². The molecule has 2 rings (SSSR count). The summed E-state index contributed by atoms with van der Waals surface area (Å²) in [7, 11) is 0. The van der Waals surface area contributed by atoms with Crippen LogP contribution in [0.5, 0.6) is 0 Å². The van der Waals surface area contributed by atoms with Gasteiger partial charge in [0.2, 0.25) is 0 Å². The summed E-state index contributed by atoms with van der Waals surface area (Å²) >= 11 is 1.40. The van der Waals surface area contributed by atoms with E-state index in [1.54, 1.807) is 3.96 Å². The molecule has 0 atom stereocenters. The fraction of sp³-hybridized carbons (Fsp3) is 0.429. The molecule has 0 radical (unpaired) electrons. The number of alkyl carbamates (subject to hydrolysis) is 1. The van der Waals surface area contributed by atoms with E-state index in [-0.39, 0.29) is 5.56 Å². The number of carbonyl (C=O) groups excluding carboxylic acids is 1. The van der Waals surface area contributed by atoms with Crippen molar-refractivity contribution in [3.05, 3.63) is 34.6 Å². The summed E-state index contributed by atoms with van der Waals surface area (Å²) in [6, 6.07) is 7.48. The van der Waals surface area contributed by atoms with E-state index in [1.807, 2.05) is 45.0 Å². The van der Waals surface area contributed by atoms with Crippen LogP contribution in [0.25, 0.3) is 10.1 Å². The molecule has 0 aliphatic carbocycles. The van der Waals surface area contributed by atoms with Crippen molar-refractivity contribution in [2.24, 2.45) is 0 Å². The first-order valence-electron chi connectivity index (χ1n) is 6.42. The molecule has 1 heterocycles. The fourth-order valence-corrected chi connectivity index (χ4v) is 2.73. The average Bonchev–Trinajstić information content (AvgIpc) is 2.65. The Bertz CT molecular complexity index is 667. The maximum atomic E-state index is 12.1. The average molecular weight is 294 g/mol. The van der Waals surface area contributed by atoms with Gasteiger partial charge in [0.05, 0.1) is 16.6 Å². The number of rotatable bonds is 3. The minimum Gasteiger partial charge on any atom is -0.444 e. The zero-order valence-corrected chi connectivity index (χ0v) is 12.6. The van der Waals surface area contributed by atoms with Crippen LogP contribution in [0.4, 0.5) is 4.79 Å². The molecule has 0 saturated heterocycles. The van der Waals surface area contributed by atoms with Gasteiger partial charge in [-0.2, -0.15) is 0 Å². The maximum absolute atomic E-state index is 12.1. The highest BCUT2D eigenvalue weighted by atomic mass is 32.1. The molecule has 0 aliphatic heterocycles.